The molecule has 2 rings (SSSR count). The van der Waals surface area contributed by atoms with Crippen LogP contribution in [-0.2, 0) is 17.6 Å². The smallest absolute Gasteiger partial charge is 0.221 e. The van der Waals surface area contributed by atoms with E-state index in [1.54, 1.807) is 0 Å². The molecular weight excluding hydrogens is 296 g/mol. The number of amides is 1. The highest BCUT2D eigenvalue weighted by molar-refractivity contribution is 5.75. The highest BCUT2D eigenvalue weighted by Gasteiger charge is 2.11. The van der Waals surface area contributed by atoms with Gasteiger partial charge in [0.1, 0.15) is 0 Å². The zero-order chi connectivity index (χ0) is 17.0. The summed E-state index contributed by atoms with van der Waals surface area (Å²) in [6, 6.07) is 21.1. The molecule has 2 aromatic carbocycles. The van der Waals surface area contributed by atoms with Crippen molar-refractivity contribution in [2.45, 2.75) is 32.1 Å². The Kier molecular flexibility index (Phi) is 8.05. The first-order chi connectivity index (χ1) is 11.8. The summed E-state index contributed by atoms with van der Waals surface area (Å²) < 4.78 is 0. The Bertz CT molecular complexity index is 540. The minimum absolute atomic E-state index is 0.0573. The lowest BCUT2D eigenvalue weighted by molar-refractivity contribution is -0.121. The molecule has 0 heterocycles. The number of hydrogen-bond donors (Lipinski definition) is 2. The van der Waals surface area contributed by atoms with E-state index < -0.39 is 0 Å². The number of benzene rings is 2. The molecule has 0 radical (unpaired) electrons. The predicted octanol–water partition coefficient (Wildman–Crippen LogP) is 3.33. The van der Waals surface area contributed by atoms with E-state index in [-0.39, 0.29) is 5.91 Å². The maximum atomic E-state index is 11.7. The van der Waals surface area contributed by atoms with Crippen LogP contribution in [0.4, 0.5) is 0 Å². The molecule has 0 aliphatic heterocycles. The van der Waals surface area contributed by atoms with Gasteiger partial charge in [-0.25, -0.2) is 0 Å². The van der Waals surface area contributed by atoms with E-state index in [9.17, 15) is 4.79 Å². The largest absolute Gasteiger partial charge is 0.356 e. The molecule has 0 bridgehead atoms. The maximum absolute atomic E-state index is 11.7. The van der Waals surface area contributed by atoms with Crippen molar-refractivity contribution in [3.63, 3.8) is 0 Å². The van der Waals surface area contributed by atoms with E-state index >= 15 is 0 Å². The van der Waals surface area contributed by atoms with Crippen molar-refractivity contribution in [1.82, 2.24) is 5.32 Å². The van der Waals surface area contributed by atoms with Crippen LogP contribution >= 0.6 is 0 Å². The zero-order valence-electron chi connectivity index (χ0n) is 14.3. The van der Waals surface area contributed by atoms with Crippen LogP contribution in [0.3, 0.4) is 0 Å². The van der Waals surface area contributed by atoms with Gasteiger partial charge >= 0.3 is 0 Å². The first-order valence-electron chi connectivity index (χ1n) is 8.82. The van der Waals surface area contributed by atoms with Crippen LogP contribution < -0.4 is 11.1 Å². The van der Waals surface area contributed by atoms with Crippen LogP contribution in [0.25, 0.3) is 0 Å². The first kappa shape index (κ1) is 18.2. The number of carbonyl (C=O) groups excluding carboxylic acids is 1. The second kappa shape index (κ2) is 10.6. The summed E-state index contributed by atoms with van der Waals surface area (Å²) in [5.74, 6) is 0.536. The molecule has 0 saturated carbocycles. The summed E-state index contributed by atoms with van der Waals surface area (Å²) in [7, 11) is 0. The fourth-order valence-corrected chi connectivity index (χ4v) is 2.86. The normalized spacial score (nSPS) is 10.8. The molecule has 0 saturated heterocycles. The third-order valence-electron chi connectivity index (χ3n) is 4.33. The average Bonchev–Trinajstić information content (AvgIpc) is 2.63. The molecule has 0 spiro atoms. The quantitative estimate of drug-likeness (QED) is 0.704. The minimum Gasteiger partial charge on any atom is -0.356 e. The van der Waals surface area contributed by atoms with E-state index in [1.165, 1.54) is 11.1 Å². The lowest BCUT2D eigenvalue weighted by atomic mass is 9.93. The zero-order valence-corrected chi connectivity index (χ0v) is 14.3. The Hall–Kier alpha value is -2.13. The van der Waals surface area contributed by atoms with E-state index in [0.29, 0.717) is 18.9 Å². The third-order valence-corrected chi connectivity index (χ3v) is 4.33. The standard InChI is InChI=1S/C21H28N2O/c22-16-15-21(24)23-17-20(13-11-18-7-3-1-4-8-18)14-12-19-9-5-2-6-10-19/h1-10,20H,11-17,22H2,(H,23,24). The van der Waals surface area contributed by atoms with Crippen molar-refractivity contribution >= 4 is 5.91 Å². The Morgan fingerprint density at radius 3 is 1.83 bits per heavy atom. The van der Waals surface area contributed by atoms with E-state index in [4.69, 9.17) is 5.73 Å². The van der Waals surface area contributed by atoms with Crippen LogP contribution in [0.2, 0.25) is 0 Å². The molecule has 0 fully saturated rings. The second-order valence-corrected chi connectivity index (χ2v) is 6.26. The lowest BCUT2D eigenvalue weighted by Crippen LogP contribution is -2.31. The second-order valence-electron chi connectivity index (χ2n) is 6.26. The van der Waals surface area contributed by atoms with Crippen molar-refractivity contribution in [2.75, 3.05) is 13.1 Å². The molecule has 3 nitrogen and oxygen atoms in total. The van der Waals surface area contributed by atoms with Gasteiger partial charge in [-0.15, -0.1) is 0 Å². The Labute approximate surface area is 145 Å². The van der Waals surface area contributed by atoms with Gasteiger partial charge in [-0.1, -0.05) is 60.7 Å². The van der Waals surface area contributed by atoms with Crippen molar-refractivity contribution in [2.24, 2.45) is 11.7 Å². The molecule has 0 aromatic heterocycles. The van der Waals surface area contributed by atoms with Crippen LogP contribution in [-0.4, -0.2) is 19.0 Å². The Balaban J connectivity index is 1.86. The summed E-state index contributed by atoms with van der Waals surface area (Å²) in [6.07, 6.45) is 4.67. The van der Waals surface area contributed by atoms with Crippen molar-refractivity contribution in [3.05, 3.63) is 71.8 Å². The van der Waals surface area contributed by atoms with Gasteiger partial charge < -0.3 is 11.1 Å². The highest BCUT2D eigenvalue weighted by atomic mass is 16.1. The van der Waals surface area contributed by atoms with Gasteiger partial charge in [0.2, 0.25) is 5.91 Å². The van der Waals surface area contributed by atoms with Crippen LogP contribution in [0.15, 0.2) is 60.7 Å². The van der Waals surface area contributed by atoms with Crippen molar-refractivity contribution in [3.8, 4) is 0 Å². The van der Waals surface area contributed by atoms with Crippen LogP contribution in [0.5, 0.6) is 0 Å². The molecule has 0 aliphatic rings. The molecule has 24 heavy (non-hydrogen) atoms. The summed E-state index contributed by atoms with van der Waals surface area (Å²) in [4.78, 5) is 11.7. The monoisotopic (exact) mass is 324 g/mol. The van der Waals surface area contributed by atoms with Crippen LogP contribution in [0, 0.1) is 5.92 Å². The molecule has 128 valence electrons. The average molecular weight is 324 g/mol. The van der Waals surface area contributed by atoms with Gasteiger partial charge in [0, 0.05) is 19.5 Å². The van der Waals surface area contributed by atoms with Gasteiger partial charge in [0.05, 0.1) is 0 Å². The Morgan fingerprint density at radius 1 is 0.875 bits per heavy atom. The van der Waals surface area contributed by atoms with E-state index in [2.05, 4.69) is 53.8 Å². The summed E-state index contributed by atoms with van der Waals surface area (Å²) in [5, 5.41) is 3.04. The molecule has 0 atom stereocenters. The van der Waals surface area contributed by atoms with Gasteiger partial charge in [-0.05, 0) is 42.7 Å². The van der Waals surface area contributed by atoms with Crippen LogP contribution in [0.1, 0.15) is 30.4 Å². The predicted molar refractivity (Wildman–Crippen MR) is 99.7 cm³/mol. The first-order valence-corrected chi connectivity index (χ1v) is 8.82. The lowest BCUT2D eigenvalue weighted by Gasteiger charge is -2.18. The molecule has 0 unspecified atom stereocenters. The number of nitrogens with two attached hydrogens (primary N) is 1. The third kappa shape index (κ3) is 6.97. The number of rotatable bonds is 10. The SMILES string of the molecule is NCCC(=O)NCC(CCc1ccccc1)CCc1ccccc1. The van der Waals surface area contributed by atoms with Crippen molar-refractivity contribution < 1.29 is 4.79 Å². The van der Waals surface area contributed by atoms with Gasteiger partial charge in [0.15, 0.2) is 0 Å². The topological polar surface area (TPSA) is 55.1 Å². The number of carbonyl (C=O) groups is 1. The number of aryl methyl sites for hydroxylation is 2. The number of nitrogens with one attached hydrogen (secondary N) is 1. The maximum Gasteiger partial charge on any atom is 0.221 e. The molecule has 0 aliphatic carbocycles. The molecule has 1 amide bonds. The minimum atomic E-state index is 0.0573. The van der Waals surface area contributed by atoms with E-state index in [1.807, 2.05) is 12.1 Å². The highest BCUT2D eigenvalue weighted by Crippen LogP contribution is 2.16. The Morgan fingerprint density at radius 2 is 1.38 bits per heavy atom. The van der Waals surface area contributed by atoms with Gasteiger partial charge in [-0.3, -0.25) is 4.79 Å². The van der Waals surface area contributed by atoms with E-state index in [0.717, 1.165) is 32.2 Å². The van der Waals surface area contributed by atoms with Crippen molar-refractivity contribution in [1.29, 1.82) is 0 Å². The fourth-order valence-electron chi connectivity index (χ4n) is 2.86. The molecule has 2 aromatic rings. The number of hydrogen-bond acceptors (Lipinski definition) is 2. The summed E-state index contributed by atoms with van der Waals surface area (Å²) in [6.45, 7) is 1.14. The summed E-state index contributed by atoms with van der Waals surface area (Å²) >= 11 is 0. The van der Waals surface area contributed by atoms with Gasteiger partial charge in [0.25, 0.3) is 0 Å². The van der Waals surface area contributed by atoms with Gasteiger partial charge in [-0.2, -0.15) is 0 Å². The fraction of sp³-hybridized carbons (Fsp3) is 0.381. The summed E-state index contributed by atoms with van der Waals surface area (Å²) in [5.41, 5.74) is 8.16. The molecular formula is C21H28N2O. The molecule has 3 N–H and O–H groups in total. The molecule has 3 heteroatoms.